The molecule has 1 N–H and O–H groups in total. The van der Waals surface area contributed by atoms with Gasteiger partial charge in [0.15, 0.2) is 0 Å². The maximum atomic E-state index is 11.6. The van der Waals surface area contributed by atoms with Crippen molar-refractivity contribution in [2.45, 2.75) is 103 Å². The van der Waals surface area contributed by atoms with Crippen molar-refractivity contribution in [1.82, 2.24) is 0 Å². The normalized spacial score (nSPS) is 19.3. The fraction of sp³-hybridized carbons (Fsp3) is 0.552. The van der Waals surface area contributed by atoms with E-state index in [-0.39, 0.29) is 11.8 Å². The third-order valence-electron chi connectivity index (χ3n) is 6.68. The van der Waals surface area contributed by atoms with Gasteiger partial charge in [-0.05, 0) is 48.9 Å². The maximum absolute atomic E-state index is 11.6. The Morgan fingerprint density at radius 1 is 1.12 bits per heavy atom. The van der Waals surface area contributed by atoms with E-state index in [9.17, 15) is 10.4 Å². The van der Waals surface area contributed by atoms with Gasteiger partial charge in [-0.1, -0.05) is 76.8 Å². The highest BCUT2D eigenvalue weighted by Crippen LogP contribution is 2.51. The van der Waals surface area contributed by atoms with Gasteiger partial charge in [0.25, 0.3) is 0 Å². The van der Waals surface area contributed by atoms with Crippen LogP contribution in [0.3, 0.4) is 0 Å². The highest BCUT2D eigenvalue weighted by molar-refractivity contribution is 5.55. The van der Waals surface area contributed by atoms with Gasteiger partial charge in [-0.25, -0.2) is 0 Å². The van der Waals surface area contributed by atoms with Crippen LogP contribution in [0.5, 0.6) is 11.5 Å². The van der Waals surface area contributed by atoms with Crippen molar-refractivity contribution >= 4 is 0 Å². The zero-order valence-electron chi connectivity index (χ0n) is 20.9. The van der Waals surface area contributed by atoms with Gasteiger partial charge in [0.1, 0.15) is 29.3 Å². The molecule has 1 unspecified atom stereocenters. The largest absolute Gasteiger partial charge is 0.488 e. The smallest absolute Gasteiger partial charge is 0.130 e. The molecule has 0 radical (unpaired) electrons. The first-order valence-electron chi connectivity index (χ1n) is 12.2. The summed E-state index contributed by atoms with van der Waals surface area (Å²) in [6.07, 6.45) is 6.27. The average Bonchev–Trinajstić information content (AvgIpc) is 2.74. The predicted octanol–water partition coefficient (Wildman–Crippen LogP) is 7.18. The van der Waals surface area contributed by atoms with Crippen molar-refractivity contribution in [1.29, 1.82) is 5.26 Å². The molecule has 2 aromatic rings. The molecule has 1 aliphatic rings. The first kappa shape index (κ1) is 25.1. The van der Waals surface area contributed by atoms with E-state index in [0.717, 1.165) is 17.5 Å². The molecule has 178 valence electrons. The second-order valence-electron chi connectivity index (χ2n) is 10.7. The molecule has 1 heterocycles. The lowest BCUT2D eigenvalue weighted by Gasteiger charge is -2.43. The van der Waals surface area contributed by atoms with Gasteiger partial charge in [0.05, 0.1) is 18.1 Å². The van der Waals surface area contributed by atoms with E-state index in [1.807, 2.05) is 44.2 Å². The molecule has 4 heteroatoms. The summed E-state index contributed by atoms with van der Waals surface area (Å²) in [5.74, 6) is 1.24. The van der Waals surface area contributed by atoms with Crippen molar-refractivity contribution in [3.8, 4) is 17.6 Å². The van der Waals surface area contributed by atoms with Crippen molar-refractivity contribution < 1.29 is 14.6 Å². The number of ether oxygens (including phenoxy) is 2. The molecule has 0 aromatic heterocycles. The summed E-state index contributed by atoms with van der Waals surface area (Å²) in [5.41, 5.74) is 0.825. The maximum Gasteiger partial charge on any atom is 0.130 e. The molecule has 0 spiro atoms. The summed E-state index contributed by atoms with van der Waals surface area (Å²) < 4.78 is 12.7. The molecular formula is C29H39NO3. The summed E-state index contributed by atoms with van der Waals surface area (Å²) in [7, 11) is 0. The molecule has 0 aliphatic carbocycles. The highest BCUT2D eigenvalue weighted by atomic mass is 16.5. The molecule has 3 rings (SSSR count). The summed E-state index contributed by atoms with van der Waals surface area (Å²) in [5, 5.41) is 21.2. The monoisotopic (exact) mass is 449 g/mol. The average molecular weight is 450 g/mol. The first-order chi connectivity index (χ1) is 15.6. The van der Waals surface area contributed by atoms with Gasteiger partial charge in [-0.2, -0.15) is 5.26 Å². The Bertz CT molecular complexity index is 974. The number of unbranched alkanes of at least 4 members (excludes halogenated alkanes) is 3. The van der Waals surface area contributed by atoms with Crippen LogP contribution in [0, 0.1) is 11.3 Å². The van der Waals surface area contributed by atoms with Gasteiger partial charge in [-0.15, -0.1) is 0 Å². The number of nitrogens with zero attached hydrogens (tertiary/aromatic N) is 1. The first-order valence-corrected chi connectivity index (χ1v) is 12.2. The quantitative estimate of drug-likeness (QED) is 0.390. The minimum atomic E-state index is -1.32. The Kier molecular flexibility index (Phi) is 7.75. The Hall–Kier alpha value is -2.51. The third kappa shape index (κ3) is 6.09. The standard InChI is InChI=1S/C29H39NO3/c1-6-7-8-12-15-27(2,3)23-18-24(32-20-22-13-10-9-11-14-22)26-25(19-23)33-28(4,5)21-29(26,31)16-17-30/h9-11,13-14,18-19,31H,6-8,12,15-16,20-21H2,1-5H3. The summed E-state index contributed by atoms with van der Waals surface area (Å²) in [6.45, 7) is 11.1. The van der Waals surface area contributed by atoms with Crippen LogP contribution in [0.4, 0.5) is 0 Å². The van der Waals surface area contributed by atoms with Gasteiger partial charge >= 0.3 is 0 Å². The van der Waals surface area contributed by atoms with E-state index in [2.05, 4.69) is 39.0 Å². The van der Waals surface area contributed by atoms with E-state index in [4.69, 9.17) is 9.47 Å². The van der Waals surface area contributed by atoms with Crippen LogP contribution in [0.25, 0.3) is 0 Å². The second-order valence-corrected chi connectivity index (χ2v) is 10.7. The minimum absolute atomic E-state index is 0.00571. The third-order valence-corrected chi connectivity index (χ3v) is 6.68. The zero-order valence-corrected chi connectivity index (χ0v) is 20.9. The minimum Gasteiger partial charge on any atom is -0.488 e. The molecule has 2 aromatic carbocycles. The van der Waals surface area contributed by atoms with Crippen molar-refractivity contribution in [2.24, 2.45) is 0 Å². The topological polar surface area (TPSA) is 62.5 Å². The van der Waals surface area contributed by atoms with Crippen LogP contribution in [-0.4, -0.2) is 10.7 Å². The van der Waals surface area contributed by atoms with Crippen molar-refractivity contribution in [2.75, 3.05) is 0 Å². The Balaban J connectivity index is 2.04. The summed E-state index contributed by atoms with van der Waals surface area (Å²) in [4.78, 5) is 0. The molecule has 0 saturated carbocycles. The zero-order chi connectivity index (χ0) is 24.1. The molecular weight excluding hydrogens is 410 g/mol. The number of hydrogen-bond donors (Lipinski definition) is 1. The number of fused-ring (bicyclic) bond motifs is 1. The van der Waals surface area contributed by atoms with Gasteiger partial charge in [0, 0.05) is 6.42 Å². The van der Waals surface area contributed by atoms with Crippen LogP contribution in [-0.2, 0) is 17.6 Å². The van der Waals surface area contributed by atoms with E-state index in [1.54, 1.807) is 0 Å². The fourth-order valence-corrected chi connectivity index (χ4v) is 4.92. The van der Waals surface area contributed by atoms with Gasteiger partial charge in [0.2, 0.25) is 0 Å². The molecule has 1 aliphatic heterocycles. The summed E-state index contributed by atoms with van der Waals surface area (Å²) in [6, 6.07) is 16.3. The second kappa shape index (κ2) is 10.2. The lowest BCUT2D eigenvalue weighted by molar-refractivity contribution is -0.0629. The molecule has 0 bridgehead atoms. The van der Waals surface area contributed by atoms with Crippen LogP contribution < -0.4 is 9.47 Å². The van der Waals surface area contributed by atoms with Crippen LogP contribution >= 0.6 is 0 Å². The highest BCUT2D eigenvalue weighted by Gasteiger charge is 2.46. The van der Waals surface area contributed by atoms with E-state index < -0.39 is 11.2 Å². The number of nitriles is 1. The molecule has 0 fully saturated rings. The Labute approximate surface area is 199 Å². The van der Waals surface area contributed by atoms with E-state index in [0.29, 0.717) is 30.1 Å². The Morgan fingerprint density at radius 2 is 1.85 bits per heavy atom. The molecule has 0 saturated heterocycles. The number of rotatable bonds is 10. The van der Waals surface area contributed by atoms with E-state index >= 15 is 0 Å². The van der Waals surface area contributed by atoms with E-state index in [1.165, 1.54) is 25.7 Å². The van der Waals surface area contributed by atoms with Gasteiger partial charge < -0.3 is 14.6 Å². The van der Waals surface area contributed by atoms with Crippen LogP contribution in [0.1, 0.15) is 96.3 Å². The van der Waals surface area contributed by atoms with Crippen LogP contribution in [0.2, 0.25) is 0 Å². The lowest BCUT2D eigenvalue weighted by Crippen LogP contribution is -2.44. The fourth-order valence-electron chi connectivity index (χ4n) is 4.92. The van der Waals surface area contributed by atoms with Gasteiger partial charge in [-0.3, -0.25) is 0 Å². The number of benzene rings is 2. The van der Waals surface area contributed by atoms with Crippen molar-refractivity contribution in [3.63, 3.8) is 0 Å². The number of hydrogen-bond acceptors (Lipinski definition) is 4. The summed E-state index contributed by atoms with van der Waals surface area (Å²) >= 11 is 0. The predicted molar refractivity (Wildman–Crippen MR) is 132 cm³/mol. The molecule has 4 nitrogen and oxygen atoms in total. The van der Waals surface area contributed by atoms with Crippen molar-refractivity contribution in [3.05, 3.63) is 59.2 Å². The lowest BCUT2D eigenvalue weighted by atomic mass is 9.75. The number of aliphatic hydroxyl groups is 1. The SMILES string of the molecule is CCCCCCC(C)(C)c1cc(OCc2ccccc2)c2c(c1)OC(C)(C)CC2(O)CC#N. The molecule has 33 heavy (non-hydrogen) atoms. The Morgan fingerprint density at radius 3 is 2.52 bits per heavy atom. The van der Waals surface area contributed by atoms with Crippen LogP contribution in [0.15, 0.2) is 42.5 Å². The molecule has 1 atom stereocenters. The molecule has 0 amide bonds.